The minimum Gasteiger partial charge on any atom is -0.382 e. The molecule has 3 unspecified atom stereocenters. The molecule has 1 aromatic heterocycles. The molecule has 1 N–H and O–H groups in total. The summed E-state index contributed by atoms with van der Waals surface area (Å²) < 4.78 is 10.6. The van der Waals surface area contributed by atoms with E-state index in [4.69, 9.17) is 9.47 Å². The van der Waals surface area contributed by atoms with Gasteiger partial charge >= 0.3 is 0 Å². The molecule has 0 spiro atoms. The van der Waals surface area contributed by atoms with Gasteiger partial charge < -0.3 is 14.4 Å². The van der Waals surface area contributed by atoms with E-state index < -0.39 is 0 Å². The first-order valence-corrected chi connectivity index (χ1v) is 8.25. The minimum absolute atomic E-state index is 0.0604. The number of thiophene rings is 1. The van der Waals surface area contributed by atoms with Crippen molar-refractivity contribution in [3.63, 3.8) is 0 Å². The van der Waals surface area contributed by atoms with Crippen LogP contribution in [-0.4, -0.2) is 50.3 Å². The van der Waals surface area contributed by atoms with Crippen LogP contribution in [0.3, 0.4) is 0 Å². The molecule has 3 atom stereocenters. The fourth-order valence-electron chi connectivity index (χ4n) is 2.68. The van der Waals surface area contributed by atoms with Crippen molar-refractivity contribution < 1.29 is 14.3 Å². The number of nitrogens with one attached hydrogen (secondary N) is 1. The van der Waals surface area contributed by atoms with Crippen molar-refractivity contribution in [1.29, 1.82) is 0 Å². The molecule has 6 heteroatoms. The number of methoxy groups -OCH3 is 2. The average molecular weight is 312 g/mol. The van der Waals surface area contributed by atoms with Crippen LogP contribution >= 0.6 is 11.3 Å². The first-order valence-electron chi connectivity index (χ1n) is 7.31. The van der Waals surface area contributed by atoms with E-state index in [1.807, 2.05) is 10.3 Å². The van der Waals surface area contributed by atoms with Gasteiger partial charge in [-0.2, -0.15) is 11.3 Å². The summed E-state index contributed by atoms with van der Waals surface area (Å²) in [5.41, 5.74) is 1.14. The maximum Gasteiger partial charge on any atom is 0.241 e. The van der Waals surface area contributed by atoms with Crippen molar-refractivity contribution in [3.8, 4) is 0 Å². The zero-order valence-electron chi connectivity index (χ0n) is 12.9. The molecule has 5 nitrogen and oxygen atoms in total. The Bertz CT molecular complexity index is 438. The second-order valence-corrected chi connectivity index (χ2v) is 6.05. The van der Waals surface area contributed by atoms with E-state index in [1.165, 1.54) is 0 Å². The number of ether oxygens (including phenoxy) is 2. The Kier molecular flexibility index (Phi) is 6.17. The topological polar surface area (TPSA) is 50.8 Å². The highest BCUT2D eigenvalue weighted by atomic mass is 32.1. The Hall–Kier alpha value is -0.950. The van der Waals surface area contributed by atoms with Gasteiger partial charge in [-0.05, 0) is 28.8 Å². The van der Waals surface area contributed by atoms with Gasteiger partial charge in [0.2, 0.25) is 5.91 Å². The summed E-state index contributed by atoms with van der Waals surface area (Å²) >= 11 is 1.65. The lowest BCUT2D eigenvalue weighted by Gasteiger charge is -2.27. The molecule has 1 aliphatic heterocycles. The predicted molar refractivity (Wildman–Crippen MR) is 83.3 cm³/mol. The van der Waals surface area contributed by atoms with Crippen molar-refractivity contribution in [2.45, 2.75) is 38.1 Å². The molecule has 1 amide bonds. The van der Waals surface area contributed by atoms with Crippen molar-refractivity contribution in [2.75, 3.05) is 27.4 Å². The zero-order chi connectivity index (χ0) is 15.2. The molecule has 1 aliphatic rings. The van der Waals surface area contributed by atoms with Crippen LogP contribution in [0.4, 0.5) is 0 Å². The second kappa shape index (κ2) is 7.89. The van der Waals surface area contributed by atoms with E-state index in [2.05, 4.69) is 23.7 Å². The fourth-order valence-corrected chi connectivity index (χ4v) is 3.36. The third-order valence-corrected chi connectivity index (χ3v) is 4.48. The summed E-state index contributed by atoms with van der Waals surface area (Å²) in [7, 11) is 3.30. The normalized spacial score (nSPS) is 23.8. The fraction of sp³-hybridized carbons (Fsp3) is 0.667. The molecule has 0 aliphatic carbocycles. The number of carbonyl (C=O) groups excluding carboxylic acids is 1. The van der Waals surface area contributed by atoms with Crippen LogP contribution in [0.1, 0.15) is 31.5 Å². The van der Waals surface area contributed by atoms with Gasteiger partial charge in [-0.3, -0.25) is 10.1 Å². The standard InChI is InChI=1S/C15H24N2O3S/c1-4-5-13-15(18)17(8-12(20-3)9-19-2)14(16-13)11-6-7-21-10-11/h6-7,10,12-14,16H,4-5,8-9H2,1-3H3. The molecule has 2 rings (SSSR count). The lowest BCUT2D eigenvalue weighted by molar-refractivity contribution is -0.132. The Morgan fingerprint density at radius 2 is 2.29 bits per heavy atom. The quantitative estimate of drug-likeness (QED) is 0.798. The van der Waals surface area contributed by atoms with Crippen LogP contribution in [0, 0.1) is 0 Å². The van der Waals surface area contributed by atoms with E-state index >= 15 is 0 Å². The van der Waals surface area contributed by atoms with E-state index in [9.17, 15) is 4.79 Å². The molecule has 2 heterocycles. The summed E-state index contributed by atoms with van der Waals surface area (Å²) in [4.78, 5) is 14.5. The Labute approximate surface area is 130 Å². The van der Waals surface area contributed by atoms with Crippen LogP contribution in [0.15, 0.2) is 16.8 Å². The minimum atomic E-state index is -0.109. The average Bonchev–Trinajstić information content (AvgIpc) is 3.10. The van der Waals surface area contributed by atoms with Gasteiger partial charge in [0, 0.05) is 14.2 Å². The third kappa shape index (κ3) is 3.83. The molecule has 1 saturated heterocycles. The van der Waals surface area contributed by atoms with Crippen LogP contribution < -0.4 is 5.32 Å². The van der Waals surface area contributed by atoms with Crippen molar-refractivity contribution in [1.82, 2.24) is 10.2 Å². The molecule has 0 aromatic carbocycles. The largest absolute Gasteiger partial charge is 0.382 e. The molecule has 0 radical (unpaired) electrons. The van der Waals surface area contributed by atoms with E-state index in [0.717, 1.165) is 18.4 Å². The van der Waals surface area contributed by atoms with Crippen LogP contribution in [0.2, 0.25) is 0 Å². The predicted octanol–water partition coefficient (Wildman–Crippen LogP) is 2.01. The highest BCUT2D eigenvalue weighted by Gasteiger charge is 2.40. The van der Waals surface area contributed by atoms with Crippen molar-refractivity contribution in [3.05, 3.63) is 22.4 Å². The Morgan fingerprint density at radius 1 is 1.48 bits per heavy atom. The molecular formula is C15H24N2O3S. The molecule has 0 bridgehead atoms. The van der Waals surface area contributed by atoms with Crippen LogP contribution in [-0.2, 0) is 14.3 Å². The summed E-state index contributed by atoms with van der Waals surface area (Å²) in [5, 5.41) is 7.58. The number of hydrogen-bond donors (Lipinski definition) is 1. The van der Waals surface area contributed by atoms with Crippen molar-refractivity contribution in [2.24, 2.45) is 0 Å². The number of carbonyl (C=O) groups is 1. The van der Waals surface area contributed by atoms with E-state index in [0.29, 0.717) is 13.2 Å². The lowest BCUT2D eigenvalue weighted by Crippen LogP contribution is -2.39. The number of hydrogen-bond acceptors (Lipinski definition) is 5. The number of nitrogens with zero attached hydrogens (tertiary/aromatic N) is 1. The lowest BCUT2D eigenvalue weighted by atomic mass is 10.1. The summed E-state index contributed by atoms with van der Waals surface area (Å²) in [6, 6.07) is 1.97. The molecular weight excluding hydrogens is 288 g/mol. The van der Waals surface area contributed by atoms with Gasteiger partial charge in [0.05, 0.1) is 25.3 Å². The maximum absolute atomic E-state index is 12.6. The smallest absolute Gasteiger partial charge is 0.241 e. The Morgan fingerprint density at radius 3 is 2.86 bits per heavy atom. The first-order chi connectivity index (χ1) is 10.2. The molecule has 1 aromatic rings. The van der Waals surface area contributed by atoms with Gasteiger partial charge in [-0.1, -0.05) is 13.3 Å². The monoisotopic (exact) mass is 312 g/mol. The van der Waals surface area contributed by atoms with Gasteiger partial charge in [0.1, 0.15) is 6.17 Å². The highest BCUT2D eigenvalue weighted by molar-refractivity contribution is 7.07. The summed E-state index contributed by atoms with van der Waals surface area (Å²) in [6.45, 7) is 3.12. The Balaban J connectivity index is 2.14. The molecule has 1 fully saturated rings. The van der Waals surface area contributed by atoms with Gasteiger partial charge in [-0.25, -0.2) is 0 Å². The van der Waals surface area contributed by atoms with Crippen molar-refractivity contribution >= 4 is 17.2 Å². The summed E-state index contributed by atoms with van der Waals surface area (Å²) in [5.74, 6) is 0.159. The zero-order valence-corrected chi connectivity index (χ0v) is 13.7. The maximum atomic E-state index is 12.6. The number of rotatable bonds is 8. The van der Waals surface area contributed by atoms with Crippen LogP contribution in [0.5, 0.6) is 0 Å². The highest BCUT2D eigenvalue weighted by Crippen LogP contribution is 2.28. The SMILES string of the molecule is CCCC1NC(c2ccsc2)N(CC(COC)OC)C1=O. The first kappa shape index (κ1) is 16.4. The third-order valence-electron chi connectivity index (χ3n) is 3.77. The number of amides is 1. The summed E-state index contributed by atoms with van der Waals surface area (Å²) in [6.07, 6.45) is 1.68. The van der Waals surface area contributed by atoms with Gasteiger partial charge in [-0.15, -0.1) is 0 Å². The second-order valence-electron chi connectivity index (χ2n) is 5.27. The van der Waals surface area contributed by atoms with Gasteiger partial charge in [0.15, 0.2) is 0 Å². The molecule has 0 saturated carbocycles. The van der Waals surface area contributed by atoms with Gasteiger partial charge in [0.25, 0.3) is 0 Å². The van der Waals surface area contributed by atoms with E-state index in [-0.39, 0.29) is 24.2 Å². The van der Waals surface area contributed by atoms with E-state index in [1.54, 1.807) is 25.6 Å². The molecule has 118 valence electrons. The molecule has 21 heavy (non-hydrogen) atoms. The van der Waals surface area contributed by atoms with Crippen LogP contribution in [0.25, 0.3) is 0 Å².